The summed E-state index contributed by atoms with van der Waals surface area (Å²) in [5.41, 5.74) is 3.12. The molecule has 15 heteroatoms. The molecule has 0 bridgehead atoms. The molecule has 1 unspecified atom stereocenters. The zero-order valence-electron chi connectivity index (χ0n) is 22.6. The molecule has 2 heterocycles. The van der Waals surface area contributed by atoms with Crippen molar-refractivity contribution in [2.75, 3.05) is 12.3 Å². The number of nitrogen functional groups attached to an aromatic ring is 1. The molecule has 1 saturated heterocycles. The molecule has 41 heavy (non-hydrogen) atoms. The molecule has 0 amide bonds. The monoisotopic (exact) mass is 593 g/mol. The molecule has 1 aliphatic carbocycles. The van der Waals surface area contributed by atoms with E-state index in [9.17, 15) is 28.9 Å². The second-order valence-electron chi connectivity index (χ2n) is 10.3. The van der Waals surface area contributed by atoms with Crippen LogP contribution in [-0.4, -0.2) is 51.6 Å². The van der Waals surface area contributed by atoms with Gasteiger partial charge in [-0.2, -0.15) is 15.3 Å². The maximum atomic E-state index is 13.9. The van der Waals surface area contributed by atoms with Crippen molar-refractivity contribution >= 4 is 19.5 Å². The van der Waals surface area contributed by atoms with E-state index in [1.165, 1.54) is 38.2 Å². The number of nitrogens with one attached hydrogen (secondary N) is 1. The van der Waals surface area contributed by atoms with Crippen molar-refractivity contribution in [2.24, 2.45) is 5.41 Å². The van der Waals surface area contributed by atoms with Gasteiger partial charge in [-0.05, 0) is 69.9 Å². The molecular formula is C26H33FN5O8P. The van der Waals surface area contributed by atoms with Gasteiger partial charge in [0.15, 0.2) is 6.23 Å². The van der Waals surface area contributed by atoms with Crippen molar-refractivity contribution in [3.8, 4) is 11.8 Å². The molecule has 4 N–H and O–H groups in total. The quantitative estimate of drug-likeness (QED) is 0.270. The number of hydrogen-bond acceptors (Lipinski definition) is 11. The Morgan fingerprint density at radius 1 is 1.34 bits per heavy atom. The standard InChI is InChI=1S/C26H33FN5O8P/c1-16(23(34)38-18-6-4-3-5-7-18)31-41(36,40-19-10-8-17(27)9-11-19)37-14-20-22(33)26(2,15-28)24(39-20)32-13-12-21(29)30-25(32)35/h8-13,16,18,20,22,24,33H,3-7,14H2,1-2H3,(H,31,36)(H2,29,30,35)/t16-,20+,22+,24+,26+,41?/m0/s1. The van der Waals surface area contributed by atoms with E-state index in [1.807, 2.05) is 6.07 Å². The Labute approximate surface area is 236 Å². The van der Waals surface area contributed by atoms with Crippen molar-refractivity contribution in [3.63, 3.8) is 0 Å². The summed E-state index contributed by atoms with van der Waals surface area (Å²) in [4.78, 5) is 28.8. The number of nitrogens with two attached hydrogens (primary N) is 1. The third kappa shape index (κ3) is 7.12. The number of ether oxygens (including phenoxy) is 2. The van der Waals surface area contributed by atoms with Crippen LogP contribution in [0.5, 0.6) is 5.75 Å². The summed E-state index contributed by atoms with van der Waals surface area (Å²) in [5.74, 6) is -1.28. The maximum absolute atomic E-state index is 13.9. The SMILES string of the molecule is C[C@H](NP(=O)(OC[C@H]1O[C@@H](n2ccc(N)nc2=O)[C@](C)(C#N)[C@@H]1O)Oc1ccc(F)cc1)C(=O)OC1CCCCC1. The number of esters is 1. The summed E-state index contributed by atoms with van der Waals surface area (Å²) in [6, 6.07) is 6.81. The van der Waals surface area contributed by atoms with Crippen molar-refractivity contribution < 1.29 is 37.4 Å². The highest BCUT2D eigenvalue weighted by atomic mass is 31.2. The maximum Gasteiger partial charge on any atom is 0.459 e. The average molecular weight is 594 g/mol. The molecule has 13 nitrogen and oxygen atoms in total. The van der Waals surface area contributed by atoms with Gasteiger partial charge in [0.05, 0.1) is 12.7 Å². The van der Waals surface area contributed by atoms with Gasteiger partial charge in [0.25, 0.3) is 0 Å². The fourth-order valence-electron chi connectivity index (χ4n) is 4.76. The van der Waals surface area contributed by atoms with E-state index in [-0.39, 0.29) is 17.7 Å². The van der Waals surface area contributed by atoms with E-state index in [0.717, 1.165) is 48.8 Å². The summed E-state index contributed by atoms with van der Waals surface area (Å²) >= 11 is 0. The van der Waals surface area contributed by atoms with Crippen LogP contribution in [0.1, 0.15) is 52.2 Å². The third-order valence-electron chi connectivity index (χ3n) is 7.12. The summed E-state index contributed by atoms with van der Waals surface area (Å²) in [6.07, 6.45) is 1.42. The van der Waals surface area contributed by atoms with Crippen LogP contribution in [0.25, 0.3) is 0 Å². The largest absolute Gasteiger partial charge is 0.461 e. The van der Waals surface area contributed by atoms with E-state index in [2.05, 4.69) is 10.1 Å². The first-order valence-corrected chi connectivity index (χ1v) is 14.8. The Balaban J connectivity index is 1.52. The van der Waals surface area contributed by atoms with E-state index in [0.29, 0.717) is 0 Å². The lowest BCUT2D eigenvalue weighted by Gasteiger charge is -2.27. The first-order chi connectivity index (χ1) is 19.4. The van der Waals surface area contributed by atoms with Gasteiger partial charge in [-0.25, -0.2) is 13.8 Å². The minimum atomic E-state index is -4.40. The second kappa shape index (κ2) is 12.7. The van der Waals surface area contributed by atoms with Gasteiger partial charge in [0.2, 0.25) is 0 Å². The molecule has 1 aromatic carbocycles. The number of nitrogens with zero attached hydrogens (tertiary/aromatic N) is 3. The molecule has 6 atom stereocenters. The zero-order chi connectivity index (χ0) is 29.8. The summed E-state index contributed by atoms with van der Waals surface area (Å²) in [6.45, 7) is 2.24. The minimum absolute atomic E-state index is 0.0257. The second-order valence-corrected chi connectivity index (χ2v) is 12.0. The summed E-state index contributed by atoms with van der Waals surface area (Å²) in [7, 11) is -4.40. The number of hydrogen-bond donors (Lipinski definition) is 3. The number of aliphatic hydroxyl groups is 1. The topological polar surface area (TPSA) is 188 Å². The van der Waals surface area contributed by atoms with Gasteiger partial charge in [0.1, 0.15) is 47.2 Å². The lowest BCUT2D eigenvalue weighted by Crippen LogP contribution is -2.40. The summed E-state index contributed by atoms with van der Waals surface area (Å²) in [5, 5.41) is 23.4. The molecule has 0 radical (unpaired) electrons. The highest BCUT2D eigenvalue weighted by Gasteiger charge is 2.55. The molecule has 1 saturated carbocycles. The number of rotatable bonds is 10. The van der Waals surface area contributed by atoms with Crippen LogP contribution in [0.2, 0.25) is 0 Å². The molecule has 1 aliphatic heterocycles. The van der Waals surface area contributed by atoms with E-state index < -0.39 is 61.7 Å². The van der Waals surface area contributed by atoms with Crippen LogP contribution in [0.3, 0.4) is 0 Å². The number of aromatic nitrogens is 2. The molecule has 2 aliphatic rings. The first-order valence-electron chi connectivity index (χ1n) is 13.2. The number of aliphatic hydroxyl groups excluding tert-OH is 1. The fourth-order valence-corrected chi connectivity index (χ4v) is 6.26. The van der Waals surface area contributed by atoms with Crippen LogP contribution < -0.4 is 21.0 Å². The highest BCUT2D eigenvalue weighted by molar-refractivity contribution is 7.52. The van der Waals surface area contributed by atoms with Crippen LogP contribution >= 0.6 is 7.75 Å². The van der Waals surface area contributed by atoms with E-state index in [4.69, 9.17) is 24.3 Å². The molecule has 4 rings (SSSR count). The first kappa shape index (κ1) is 30.6. The average Bonchev–Trinajstić information content (AvgIpc) is 3.19. The number of anilines is 1. The van der Waals surface area contributed by atoms with Crippen LogP contribution in [0, 0.1) is 22.6 Å². The molecule has 2 aromatic rings. The van der Waals surface area contributed by atoms with E-state index >= 15 is 0 Å². The van der Waals surface area contributed by atoms with E-state index in [1.54, 1.807) is 0 Å². The number of carbonyl (C=O) groups is 1. The van der Waals surface area contributed by atoms with Crippen molar-refractivity contribution in [1.29, 1.82) is 5.26 Å². The molecule has 2 fully saturated rings. The number of halogens is 1. The lowest BCUT2D eigenvalue weighted by atomic mass is 9.84. The Kier molecular flexibility index (Phi) is 9.46. The minimum Gasteiger partial charge on any atom is -0.461 e. The van der Waals surface area contributed by atoms with Crippen LogP contribution in [0.4, 0.5) is 10.2 Å². The van der Waals surface area contributed by atoms with Gasteiger partial charge in [0, 0.05) is 6.20 Å². The van der Waals surface area contributed by atoms with Crippen molar-refractivity contribution in [2.45, 2.75) is 76.5 Å². The van der Waals surface area contributed by atoms with Gasteiger partial charge < -0.3 is 24.8 Å². The Hall–Kier alpha value is -3.34. The van der Waals surface area contributed by atoms with Crippen LogP contribution in [0.15, 0.2) is 41.3 Å². The Morgan fingerprint density at radius 3 is 2.66 bits per heavy atom. The highest BCUT2D eigenvalue weighted by Crippen LogP contribution is 2.49. The van der Waals surface area contributed by atoms with Gasteiger partial charge >= 0.3 is 19.4 Å². The van der Waals surface area contributed by atoms with Crippen molar-refractivity contribution in [3.05, 3.63) is 52.8 Å². The van der Waals surface area contributed by atoms with Gasteiger partial charge in [-0.3, -0.25) is 13.9 Å². The predicted octanol–water partition coefficient (Wildman–Crippen LogP) is 2.81. The normalized spacial score (nSPS) is 27.0. The lowest BCUT2D eigenvalue weighted by molar-refractivity contribution is -0.152. The smallest absolute Gasteiger partial charge is 0.459 e. The zero-order valence-corrected chi connectivity index (χ0v) is 23.5. The fraction of sp³-hybridized carbons (Fsp3) is 0.538. The molecule has 222 valence electrons. The van der Waals surface area contributed by atoms with Gasteiger partial charge in [-0.1, -0.05) is 6.42 Å². The molecule has 1 aromatic heterocycles. The summed E-state index contributed by atoms with van der Waals surface area (Å²) < 4.78 is 50.9. The molecular weight excluding hydrogens is 560 g/mol. The predicted molar refractivity (Wildman–Crippen MR) is 143 cm³/mol. The third-order valence-corrected chi connectivity index (χ3v) is 8.76. The number of nitriles is 1. The van der Waals surface area contributed by atoms with Crippen molar-refractivity contribution in [1.82, 2.24) is 14.6 Å². The Bertz CT molecular complexity index is 1380. The Morgan fingerprint density at radius 2 is 2.02 bits per heavy atom. The number of carbonyl (C=O) groups excluding carboxylic acids is 1. The number of benzene rings is 1. The molecule has 0 spiro atoms. The van der Waals surface area contributed by atoms with Crippen LogP contribution in [-0.2, 0) is 23.4 Å². The van der Waals surface area contributed by atoms with Gasteiger partial charge in [-0.15, -0.1) is 0 Å².